The summed E-state index contributed by atoms with van der Waals surface area (Å²) in [6, 6.07) is 18.0. The number of aromatic nitrogens is 1. The quantitative estimate of drug-likeness (QED) is 0.633. The van der Waals surface area contributed by atoms with E-state index in [0.29, 0.717) is 31.8 Å². The number of piperazine rings is 1. The first kappa shape index (κ1) is 20.3. The molecule has 156 valence electrons. The van der Waals surface area contributed by atoms with Gasteiger partial charge in [0.1, 0.15) is 0 Å². The molecule has 1 aromatic heterocycles. The summed E-state index contributed by atoms with van der Waals surface area (Å²) >= 11 is 0. The Kier molecular flexibility index (Phi) is 6.26. The number of amides is 1. The Balaban J connectivity index is 1.39. The largest absolute Gasteiger partial charge is 0.383 e. The highest BCUT2D eigenvalue weighted by Crippen LogP contribution is 2.20. The summed E-state index contributed by atoms with van der Waals surface area (Å²) in [4.78, 5) is 29.2. The van der Waals surface area contributed by atoms with Gasteiger partial charge in [-0.05, 0) is 22.4 Å². The minimum absolute atomic E-state index is 0.0222. The molecule has 0 bridgehead atoms. The molecule has 1 amide bonds. The monoisotopic (exact) mass is 405 g/mol. The molecule has 3 aromatic rings. The molecule has 0 N–H and O–H groups in total. The number of nitrogens with zero attached hydrogens (tertiary/aromatic N) is 3. The highest BCUT2D eigenvalue weighted by molar-refractivity contribution is 5.94. The van der Waals surface area contributed by atoms with Gasteiger partial charge >= 0.3 is 0 Å². The molecule has 6 heteroatoms. The van der Waals surface area contributed by atoms with Crippen LogP contribution < -0.4 is 5.56 Å². The predicted octanol–water partition coefficient (Wildman–Crippen LogP) is 2.61. The van der Waals surface area contributed by atoms with Crippen molar-refractivity contribution in [1.29, 1.82) is 0 Å². The van der Waals surface area contributed by atoms with Crippen molar-refractivity contribution < 1.29 is 9.53 Å². The second kappa shape index (κ2) is 9.24. The molecule has 2 heterocycles. The summed E-state index contributed by atoms with van der Waals surface area (Å²) in [6.45, 7) is 4.78. The van der Waals surface area contributed by atoms with Crippen molar-refractivity contribution in [2.45, 2.75) is 13.1 Å². The van der Waals surface area contributed by atoms with Crippen LogP contribution in [0, 0.1) is 0 Å². The number of carbonyl (C=O) groups is 1. The van der Waals surface area contributed by atoms with Crippen LogP contribution in [-0.2, 0) is 17.8 Å². The van der Waals surface area contributed by atoms with Gasteiger partial charge in [0.15, 0.2) is 0 Å². The van der Waals surface area contributed by atoms with Gasteiger partial charge in [-0.15, -0.1) is 0 Å². The normalized spacial score (nSPS) is 14.9. The summed E-state index contributed by atoms with van der Waals surface area (Å²) in [5.41, 5.74) is 1.75. The van der Waals surface area contributed by atoms with Gasteiger partial charge in [0.05, 0.1) is 12.2 Å². The standard InChI is InChI=1S/C24H27N3O3/c1-30-16-15-27-18-21(9-10-23(27)28)24(29)26-13-11-25(12-14-26)17-20-7-4-6-19-5-2-3-8-22(19)20/h2-10,18H,11-17H2,1H3. The van der Waals surface area contributed by atoms with Crippen LogP contribution in [0.1, 0.15) is 15.9 Å². The molecule has 4 rings (SSSR count). The zero-order valence-corrected chi connectivity index (χ0v) is 17.3. The summed E-state index contributed by atoms with van der Waals surface area (Å²) in [6.07, 6.45) is 1.65. The van der Waals surface area contributed by atoms with Crippen LogP contribution in [0.3, 0.4) is 0 Å². The fraction of sp³-hybridized carbons (Fsp3) is 0.333. The molecule has 0 radical (unpaired) electrons. The maximum atomic E-state index is 12.9. The third-order valence-corrected chi connectivity index (χ3v) is 5.70. The van der Waals surface area contributed by atoms with Crippen LogP contribution in [0.4, 0.5) is 0 Å². The fourth-order valence-electron chi connectivity index (χ4n) is 3.99. The van der Waals surface area contributed by atoms with E-state index >= 15 is 0 Å². The lowest BCUT2D eigenvalue weighted by molar-refractivity contribution is 0.0627. The first-order chi connectivity index (χ1) is 14.7. The van der Waals surface area contributed by atoms with E-state index in [9.17, 15) is 9.59 Å². The molecule has 0 spiro atoms. The molecule has 30 heavy (non-hydrogen) atoms. The van der Waals surface area contributed by atoms with Gasteiger partial charge in [-0.25, -0.2) is 0 Å². The molecule has 0 aliphatic carbocycles. The van der Waals surface area contributed by atoms with Crippen LogP contribution in [-0.4, -0.2) is 60.2 Å². The minimum atomic E-state index is -0.122. The van der Waals surface area contributed by atoms with E-state index in [1.165, 1.54) is 27.0 Å². The minimum Gasteiger partial charge on any atom is -0.383 e. The molecule has 1 aliphatic heterocycles. The van der Waals surface area contributed by atoms with E-state index < -0.39 is 0 Å². The number of methoxy groups -OCH3 is 1. The molecule has 1 aliphatic rings. The van der Waals surface area contributed by atoms with Gasteiger partial charge < -0.3 is 14.2 Å². The van der Waals surface area contributed by atoms with Crippen molar-refractivity contribution in [3.8, 4) is 0 Å². The van der Waals surface area contributed by atoms with Crippen LogP contribution in [0.2, 0.25) is 0 Å². The molecular weight excluding hydrogens is 378 g/mol. The second-order valence-corrected chi connectivity index (χ2v) is 7.65. The summed E-state index contributed by atoms with van der Waals surface area (Å²) in [5, 5.41) is 2.55. The topological polar surface area (TPSA) is 54.8 Å². The average molecular weight is 405 g/mol. The Bertz CT molecular complexity index is 1080. The molecule has 0 atom stereocenters. The summed E-state index contributed by atoms with van der Waals surface area (Å²) in [7, 11) is 1.60. The Morgan fingerprint density at radius 1 is 0.967 bits per heavy atom. The highest BCUT2D eigenvalue weighted by Gasteiger charge is 2.23. The lowest BCUT2D eigenvalue weighted by Gasteiger charge is -2.35. The van der Waals surface area contributed by atoms with Crippen molar-refractivity contribution in [1.82, 2.24) is 14.4 Å². The maximum absolute atomic E-state index is 12.9. The summed E-state index contributed by atoms with van der Waals surface area (Å²) in [5.74, 6) is -0.0222. The van der Waals surface area contributed by atoms with Crippen molar-refractivity contribution in [2.75, 3.05) is 39.9 Å². The number of carbonyl (C=O) groups excluding carboxylic acids is 1. The first-order valence-corrected chi connectivity index (χ1v) is 10.3. The summed E-state index contributed by atoms with van der Waals surface area (Å²) < 4.78 is 6.58. The predicted molar refractivity (Wildman–Crippen MR) is 118 cm³/mol. The Morgan fingerprint density at radius 3 is 2.53 bits per heavy atom. The van der Waals surface area contributed by atoms with Crippen molar-refractivity contribution in [3.63, 3.8) is 0 Å². The van der Waals surface area contributed by atoms with E-state index in [1.807, 2.05) is 4.90 Å². The molecular formula is C24H27N3O3. The van der Waals surface area contributed by atoms with Crippen LogP contribution in [0.25, 0.3) is 10.8 Å². The van der Waals surface area contributed by atoms with Gasteiger partial charge in [0.2, 0.25) is 0 Å². The Hall–Kier alpha value is -2.96. The van der Waals surface area contributed by atoms with Gasteiger partial charge in [0, 0.05) is 58.6 Å². The first-order valence-electron chi connectivity index (χ1n) is 10.3. The van der Waals surface area contributed by atoms with Crippen LogP contribution in [0.15, 0.2) is 65.6 Å². The number of rotatable bonds is 6. The van der Waals surface area contributed by atoms with Gasteiger partial charge in [0.25, 0.3) is 11.5 Å². The van der Waals surface area contributed by atoms with E-state index in [1.54, 1.807) is 19.4 Å². The maximum Gasteiger partial charge on any atom is 0.255 e. The van der Waals surface area contributed by atoms with E-state index in [4.69, 9.17) is 4.74 Å². The van der Waals surface area contributed by atoms with Crippen LogP contribution >= 0.6 is 0 Å². The fourth-order valence-corrected chi connectivity index (χ4v) is 3.99. The third-order valence-electron chi connectivity index (χ3n) is 5.70. The van der Waals surface area contributed by atoms with Crippen molar-refractivity contribution in [2.24, 2.45) is 0 Å². The number of ether oxygens (including phenoxy) is 1. The number of pyridine rings is 1. The Labute approximate surface area is 176 Å². The lowest BCUT2D eigenvalue weighted by Crippen LogP contribution is -2.48. The van der Waals surface area contributed by atoms with Gasteiger partial charge in [-0.2, -0.15) is 0 Å². The number of benzene rings is 2. The number of hydrogen-bond donors (Lipinski definition) is 0. The number of hydrogen-bond acceptors (Lipinski definition) is 4. The molecule has 0 saturated carbocycles. The molecule has 0 unspecified atom stereocenters. The second-order valence-electron chi connectivity index (χ2n) is 7.65. The lowest BCUT2D eigenvalue weighted by atomic mass is 10.0. The van der Waals surface area contributed by atoms with Gasteiger partial charge in [-0.1, -0.05) is 42.5 Å². The van der Waals surface area contributed by atoms with Crippen LogP contribution in [0.5, 0.6) is 0 Å². The van der Waals surface area contributed by atoms with Crippen molar-refractivity contribution in [3.05, 3.63) is 82.3 Å². The third kappa shape index (κ3) is 4.45. The van der Waals surface area contributed by atoms with Gasteiger partial charge in [-0.3, -0.25) is 14.5 Å². The number of fused-ring (bicyclic) bond motifs is 1. The zero-order chi connectivity index (χ0) is 20.9. The molecule has 2 aromatic carbocycles. The van der Waals surface area contributed by atoms with E-state index in [2.05, 4.69) is 47.4 Å². The smallest absolute Gasteiger partial charge is 0.255 e. The SMILES string of the molecule is COCCn1cc(C(=O)N2CCN(Cc3cccc4ccccc34)CC2)ccc1=O. The van der Waals surface area contributed by atoms with E-state index in [0.717, 1.165) is 19.6 Å². The molecule has 1 fully saturated rings. The average Bonchev–Trinajstić information content (AvgIpc) is 2.79. The van der Waals surface area contributed by atoms with Crippen molar-refractivity contribution >= 4 is 16.7 Å². The molecule has 1 saturated heterocycles. The van der Waals surface area contributed by atoms with E-state index in [-0.39, 0.29) is 11.5 Å². The zero-order valence-electron chi connectivity index (χ0n) is 17.3. The highest BCUT2D eigenvalue weighted by atomic mass is 16.5. The molecule has 6 nitrogen and oxygen atoms in total. The Morgan fingerprint density at radius 2 is 1.73 bits per heavy atom.